The summed E-state index contributed by atoms with van der Waals surface area (Å²) < 4.78 is 14.0. The van der Waals surface area contributed by atoms with Crippen molar-refractivity contribution < 1.29 is 8.97 Å². The molecule has 0 N–H and O–H groups in total. The molecule has 0 saturated carbocycles. The van der Waals surface area contributed by atoms with Gasteiger partial charge in [0, 0.05) is 0 Å². The van der Waals surface area contributed by atoms with Crippen LogP contribution in [0.3, 0.4) is 0 Å². The highest BCUT2D eigenvalue weighted by Gasteiger charge is 2.32. The van der Waals surface area contributed by atoms with Crippen LogP contribution in [0.2, 0.25) is 0 Å². The van der Waals surface area contributed by atoms with Gasteiger partial charge in [-0.15, -0.1) is 4.39 Å². The van der Waals surface area contributed by atoms with Gasteiger partial charge in [-0.25, -0.2) is 9.48 Å². The van der Waals surface area contributed by atoms with E-state index in [9.17, 15) is 4.39 Å². The van der Waals surface area contributed by atoms with E-state index < -0.39 is 0 Å². The van der Waals surface area contributed by atoms with Gasteiger partial charge in [-0.2, -0.15) is 0 Å². The smallest absolute Gasteiger partial charge is 0.241 e. The summed E-state index contributed by atoms with van der Waals surface area (Å²) in [6, 6.07) is 0. The number of hydrogen-bond acceptors (Lipinski definition) is 0. The predicted molar refractivity (Wildman–Crippen MR) is 29.8 cm³/mol. The topological polar surface area (TPSA) is 6.02 Å². The Kier molecular flexibility index (Phi) is 1.19. The van der Waals surface area contributed by atoms with Crippen LogP contribution >= 0.6 is 0 Å². The second kappa shape index (κ2) is 1.73. The van der Waals surface area contributed by atoms with Crippen LogP contribution < -0.4 is 0 Å². The summed E-state index contributed by atoms with van der Waals surface area (Å²) in [5.41, 5.74) is 0. The Hall–Kier alpha value is -0.600. The van der Waals surface area contributed by atoms with E-state index in [-0.39, 0.29) is 6.09 Å². The first-order chi connectivity index (χ1) is 3.72. The molecule has 1 rings (SSSR count). The maximum Gasteiger partial charge on any atom is 0.435 e. The van der Waals surface area contributed by atoms with Crippen LogP contribution in [0, 0.1) is 0 Å². The lowest BCUT2D eigenvalue weighted by atomic mass is 11.0. The van der Waals surface area contributed by atoms with Gasteiger partial charge < -0.3 is 0 Å². The van der Waals surface area contributed by atoms with E-state index in [1.807, 2.05) is 0 Å². The van der Waals surface area contributed by atoms with Crippen LogP contribution in [0.1, 0.15) is 0 Å². The van der Waals surface area contributed by atoms with Gasteiger partial charge in [-0.3, -0.25) is 0 Å². The monoisotopic (exact) mass is 117 g/mol. The molecule has 0 unspecified atom stereocenters. The van der Waals surface area contributed by atoms with Crippen LogP contribution in [0.4, 0.5) is 4.39 Å². The highest BCUT2D eigenvalue weighted by Crippen LogP contribution is 2.04. The average molecular weight is 117 g/mol. The van der Waals surface area contributed by atoms with Crippen LogP contribution in [0.25, 0.3) is 0 Å². The molecule has 1 saturated heterocycles. The van der Waals surface area contributed by atoms with Gasteiger partial charge in [0.1, 0.15) is 13.1 Å². The molecule has 2 nitrogen and oxygen atoms in total. The molecular formula is C5H10FN2+. The second-order valence-corrected chi connectivity index (χ2v) is 2.15. The van der Waals surface area contributed by atoms with Crippen molar-refractivity contribution in [3.63, 3.8) is 0 Å². The van der Waals surface area contributed by atoms with Gasteiger partial charge in [-0.05, 0) is 0 Å². The molecule has 0 spiro atoms. The van der Waals surface area contributed by atoms with Gasteiger partial charge in [-0.1, -0.05) is 0 Å². The Labute approximate surface area is 48.2 Å². The first-order valence-electron chi connectivity index (χ1n) is 2.66. The molecule has 1 aliphatic heterocycles. The van der Waals surface area contributed by atoms with Gasteiger partial charge in [0.05, 0.1) is 14.1 Å². The average Bonchev–Trinajstić information content (AvgIpc) is 2.43. The van der Waals surface area contributed by atoms with Gasteiger partial charge in [0.2, 0.25) is 0 Å². The molecule has 0 aromatic carbocycles. The summed E-state index contributed by atoms with van der Waals surface area (Å²) in [5.74, 6) is 0. The quantitative estimate of drug-likeness (QED) is 0.141. The van der Waals surface area contributed by atoms with Crippen LogP contribution in [0.5, 0.6) is 0 Å². The first-order valence-corrected chi connectivity index (χ1v) is 2.66. The lowest BCUT2D eigenvalue weighted by molar-refractivity contribution is -0.475. The second-order valence-electron chi connectivity index (χ2n) is 2.15. The predicted octanol–water partition coefficient (Wildman–Crippen LogP) is -0.100. The maximum absolute atomic E-state index is 12.5. The minimum absolute atomic E-state index is 0.120. The van der Waals surface area contributed by atoms with Crippen molar-refractivity contribution in [2.24, 2.45) is 0 Å². The molecule has 0 radical (unpaired) electrons. The molecule has 0 aliphatic carbocycles. The summed E-state index contributed by atoms with van der Waals surface area (Å²) in [6.45, 7) is 1.76. The molecule has 1 fully saturated rings. The van der Waals surface area contributed by atoms with E-state index in [2.05, 4.69) is 0 Å². The molecule has 3 heteroatoms. The van der Waals surface area contributed by atoms with Crippen molar-refractivity contribution in [3.8, 4) is 0 Å². The standard InChI is InChI=1S/C5H10FN2/c1-7(2)5(6)8-3-4-8/h3-4H2,1-2H3/q+1. The van der Waals surface area contributed by atoms with Crippen molar-refractivity contribution in [1.82, 2.24) is 4.90 Å². The van der Waals surface area contributed by atoms with E-state index in [4.69, 9.17) is 0 Å². The number of hydrogen-bond donors (Lipinski definition) is 0. The fourth-order valence-electron chi connectivity index (χ4n) is 0.517. The Morgan fingerprint density at radius 2 is 2.00 bits per heavy atom. The fourth-order valence-corrected chi connectivity index (χ4v) is 0.517. The fraction of sp³-hybridized carbons (Fsp3) is 0.800. The Morgan fingerprint density at radius 1 is 1.50 bits per heavy atom. The molecule has 46 valence electrons. The van der Waals surface area contributed by atoms with Gasteiger partial charge in [0.15, 0.2) is 0 Å². The van der Waals surface area contributed by atoms with E-state index in [1.165, 1.54) is 4.58 Å². The molecule has 0 aromatic rings. The zero-order valence-electron chi connectivity index (χ0n) is 5.19. The zero-order chi connectivity index (χ0) is 6.15. The summed E-state index contributed by atoms with van der Waals surface area (Å²) in [4.78, 5) is 1.67. The van der Waals surface area contributed by atoms with Crippen molar-refractivity contribution in [2.45, 2.75) is 0 Å². The van der Waals surface area contributed by atoms with E-state index in [1.54, 1.807) is 19.0 Å². The molecule has 0 aromatic heterocycles. The minimum atomic E-state index is -0.120. The number of nitrogens with zero attached hydrogens (tertiary/aromatic N) is 2. The highest BCUT2D eigenvalue weighted by atomic mass is 19.1. The molecular weight excluding hydrogens is 107 g/mol. The van der Waals surface area contributed by atoms with Crippen molar-refractivity contribution in [2.75, 3.05) is 27.2 Å². The normalized spacial score (nSPS) is 16.1. The van der Waals surface area contributed by atoms with E-state index in [0.29, 0.717) is 0 Å². The molecule has 0 atom stereocenters. The lowest BCUT2D eigenvalue weighted by Gasteiger charge is -1.90. The number of rotatable bonds is 0. The SMILES string of the molecule is C[N+](C)=C(F)N1CC1. The summed E-state index contributed by atoms with van der Waals surface area (Å²) in [5, 5.41) is 0. The van der Waals surface area contributed by atoms with Crippen molar-refractivity contribution in [3.05, 3.63) is 0 Å². The van der Waals surface area contributed by atoms with Crippen molar-refractivity contribution >= 4 is 6.09 Å². The Bertz CT molecular complexity index is 122. The van der Waals surface area contributed by atoms with Gasteiger partial charge >= 0.3 is 6.09 Å². The number of amidine groups is 1. The van der Waals surface area contributed by atoms with E-state index in [0.717, 1.165) is 13.1 Å². The summed E-state index contributed by atoms with van der Waals surface area (Å²) in [7, 11) is 3.40. The minimum Gasteiger partial charge on any atom is -0.241 e. The molecule has 0 amide bonds. The Balaban J connectivity index is 2.54. The molecule has 8 heavy (non-hydrogen) atoms. The zero-order valence-corrected chi connectivity index (χ0v) is 5.19. The number of halogens is 1. The largest absolute Gasteiger partial charge is 0.435 e. The third-order valence-electron chi connectivity index (χ3n) is 1.08. The molecule has 1 heterocycles. The lowest BCUT2D eigenvalue weighted by Crippen LogP contribution is -2.16. The summed E-state index contributed by atoms with van der Waals surface area (Å²) >= 11 is 0. The van der Waals surface area contributed by atoms with Crippen molar-refractivity contribution in [1.29, 1.82) is 0 Å². The molecule has 0 bridgehead atoms. The van der Waals surface area contributed by atoms with Crippen LogP contribution in [0.15, 0.2) is 0 Å². The molecule has 1 aliphatic rings. The highest BCUT2D eigenvalue weighted by molar-refractivity contribution is 5.69. The third-order valence-corrected chi connectivity index (χ3v) is 1.08. The summed E-state index contributed by atoms with van der Waals surface area (Å²) in [6.07, 6.45) is -0.120. The third kappa shape index (κ3) is 0.967. The van der Waals surface area contributed by atoms with Crippen LogP contribution in [-0.2, 0) is 0 Å². The van der Waals surface area contributed by atoms with Crippen LogP contribution in [-0.4, -0.2) is 42.7 Å². The van der Waals surface area contributed by atoms with E-state index >= 15 is 0 Å². The Morgan fingerprint density at radius 3 is 2.12 bits per heavy atom. The maximum atomic E-state index is 12.5. The first kappa shape index (κ1) is 5.54. The van der Waals surface area contributed by atoms with Gasteiger partial charge in [0.25, 0.3) is 0 Å².